The van der Waals surface area contributed by atoms with E-state index in [1.165, 1.54) is 12.1 Å². The van der Waals surface area contributed by atoms with Gasteiger partial charge >= 0.3 is 0 Å². The fraction of sp³-hybridized carbons (Fsp3) is 0.227. The minimum absolute atomic E-state index is 0.0384. The van der Waals surface area contributed by atoms with Gasteiger partial charge in [0.15, 0.2) is 0 Å². The van der Waals surface area contributed by atoms with Crippen LogP contribution in [0.5, 0.6) is 0 Å². The zero-order valence-electron chi connectivity index (χ0n) is 14.9. The third kappa shape index (κ3) is 3.72. The van der Waals surface area contributed by atoms with Gasteiger partial charge in [0.1, 0.15) is 5.82 Å². The average Bonchev–Trinajstić information content (AvgIpc) is 2.74. The lowest BCUT2D eigenvalue weighted by Crippen LogP contribution is -2.39. The van der Waals surface area contributed by atoms with Crippen molar-refractivity contribution in [1.29, 1.82) is 0 Å². The number of aromatic nitrogens is 2. The van der Waals surface area contributed by atoms with Crippen LogP contribution in [0.4, 0.5) is 4.39 Å². The number of hydrogen-bond donors (Lipinski definition) is 0. The Morgan fingerprint density at radius 1 is 1.04 bits per heavy atom. The summed E-state index contributed by atoms with van der Waals surface area (Å²) in [6, 6.07) is 15.7. The number of carbonyl (C=O) groups excluding carboxylic acids is 1. The summed E-state index contributed by atoms with van der Waals surface area (Å²) in [4.78, 5) is 23.7. The van der Waals surface area contributed by atoms with Crippen molar-refractivity contribution in [3.63, 3.8) is 0 Å². The summed E-state index contributed by atoms with van der Waals surface area (Å²) in [5.41, 5.74) is 2.93. The van der Waals surface area contributed by atoms with Crippen LogP contribution in [-0.2, 0) is 0 Å². The normalized spacial score (nSPS) is 16.9. The number of amides is 1. The van der Waals surface area contributed by atoms with Crippen molar-refractivity contribution >= 4 is 5.91 Å². The van der Waals surface area contributed by atoms with Gasteiger partial charge in [0, 0.05) is 42.5 Å². The molecule has 0 aliphatic carbocycles. The Labute approximate surface area is 157 Å². The standard InChI is InChI=1S/C22H20FN3O/c23-19-10-4-8-17(14-19)20-21(25-12-11-24-20)18-9-5-13-26(15-18)22(27)16-6-2-1-3-7-16/h1-4,6-8,10-12,14,18H,5,9,13,15H2. The molecule has 2 aromatic carbocycles. The smallest absolute Gasteiger partial charge is 0.253 e. The molecule has 27 heavy (non-hydrogen) atoms. The highest BCUT2D eigenvalue weighted by Gasteiger charge is 2.28. The molecule has 1 atom stereocenters. The van der Waals surface area contributed by atoms with E-state index in [0.29, 0.717) is 23.4 Å². The quantitative estimate of drug-likeness (QED) is 0.699. The first-order valence-corrected chi connectivity index (χ1v) is 9.13. The van der Waals surface area contributed by atoms with Crippen LogP contribution in [0.3, 0.4) is 0 Å². The number of piperidine rings is 1. The largest absolute Gasteiger partial charge is 0.338 e. The van der Waals surface area contributed by atoms with E-state index in [1.807, 2.05) is 41.3 Å². The number of hydrogen-bond acceptors (Lipinski definition) is 3. The lowest BCUT2D eigenvalue weighted by Gasteiger charge is -2.33. The minimum atomic E-state index is -0.298. The van der Waals surface area contributed by atoms with Gasteiger partial charge in [-0.3, -0.25) is 14.8 Å². The van der Waals surface area contributed by atoms with Gasteiger partial charge < -0.3 is 4.90 Å². The monoisotopic (exact) mass is 361 g/mol. The highest BCUT2D eigenvalue weighted by molar-refractivity contribution is 5.94. The first kappa shape index (κ1) is 17.3. The molecule has 1 amide bonds. The number of halogens is 1. The van der Waals surface area contributed by atoms with Gasteiger partial charge in [0.2, 0.25) is 0 Å². The van der Waals surface area contributed by atoms with E-state index in [9.17, 15) is 9.18 Å². The van der Waals surface area contributed by atoms with E-state index in [1.54, 1.807) is 18.5 Å². The molecule has 1 aliphatic rings. The van der Waals surface area contributed by atoms with E-state index < -0.39 is 0 Å². The maximum absolute atomic E-state index is 13.7. The van der Waals surface area contributed by atoms with Crippen molar-refractivity contribution in [2.45, 2.75) is 18.8 Å². The molecular formula is C22H20FN3O. The molecule has 1 unspecified atom stereocenters. The third-order valence-electron chi connectivity index (χ3n) is 4.94. The minimum Gasteiger partial charge on any atom is -0.338 e. The maximum Gasteiger partial charge on any atom is 0.253 e. The van der Waals surface area contributed by atoms with Gasteiger partial charge in [-0.2, -0.15) is 0 Å². The summed E-state index contributed by atoms with van der Waals surface area (Å²) < 4.78 is 13.7. The maximum atomic E-state index is 13.7. The summed E-state index contributed by atoms with van der Waals surface area (Å²) in [5.74, 6) is -0.177. The van der Waals surface area contributed by atoms with Gasteiger partial charge in [-0.1, -0.05) is 30.3 Å². The topological polar surface area (TPSA) is 46.1 Å². The van der Waals surface area contributed by atoms with Gasteiger partial charge in [0.25, 0.3) is 5.91 Å². The molecule has 0 N–H and O–H groups in total. The molecule has 4 rings (SSSR count). The number of carbonyl (C=O) groups is 1. The van der Waals surface area contributed by atoms with Crippen molar-refractivity contribution < 1.29 is 9.18 Å². The van der Waals surface area contributed by atoms with Crippen LogP contribution in [0.1, 0.15) is 34.8 Å². The molecule has 4 nitrogen and oxygen atoms in total. The van der Waals surface area contributed by atoms with Crippen LogP contribution >= 0.6 is 0 Å². The third-order valence-corrected chi connectivity index (χ3v) is 4.94. The predicted molar refractivity (Wildman–Crippen MR) is 102 cm³/mol. The highest BCUT2D eigenvalue weighted by Crippen LogP contribution is 2.32. The van der Waals surface area contributed by atoms with Gasteiger partial charge in [-0.15, -0.1) is 0 Å². The highest BCUT2D eigenvalue weighted by atomic mass is 19.1. The van der Waals surface area contributed by atoms with Crippen molar-refractivity contribution in [1.82, 2.24) is 14.9 Å². The van der Waals surface area contributed by atoms with Crippen LogP contribution in [0.25, 0.3) is 11.3 Å². The number of benzene rings is 2. The summed E-state index contributed by atoms with van der Waals surface area (Å²) in [6.07, 6.45) is 5.12. The van der Waals surface area contributed by atoms with E-state index >= 15 is 0 Å². The first-order valence-electron chi connectivity index (χ1n) is 9.13. The Bertz CT molecular complexity index is 945. The Balaban J connectivity index is 1.62. The van der Waals surface area contributed by atoms with Crippen LogP contribution in [0, 0.1) is 5.82 Å². The van der Waals surface area contributed by atoms with Crippen LogP contribution in [-0.4, -0.2) is 33.9 Å². The molecule has 136 valence electrons. The summed E-state index contributed by atoms with van der Waals surface area (Å²) in [6.45, 7) is 1.33. The lowest BCUT2D eigenvalue weighted by atomic mass is 9.91. The SMILES string of the molecule is O=C(c1ccccc1)N1CCCC(c2nccnc2-c2cccc(F)c2)C1. The Hall–Kier alpha value is -3.08. The molecule has 1 saturated heterocycles. The summed E-state index contributed by atoms with van der Waals surface area (Å²) in [7, 11) is 0. The van der Waals surface area contributed by atoms with Crippen LogP contribution in [0.15, 0.2) is 67.0 Å². The molecule has 3 aromatic rings. The van der Waals surface area contributed by atoms with Crippen LogP contribution in [0.2, 0.25) is 0 Å². The number of likely N-dealkylation sites (tertiary alicyclic amines) is 1. The predicted octanol–water partition coefficient (Wildman–Crippen LogP) is 4.30. The fourth-order valence-electron chi connectivity index (χ4n) is 3.65. The van der Waals surface area contributed by atoms with Crippen molar-refractivity contribution in [2.75, 3.05) is 13.1 Å². The Morgan fingerprint density at radius 2 is 1.85 bits per heavy atom. The van der Waals surface area contributed by atoms with Gasteiger partial charge in [0.05, 0.1) is 11.4 Å². The summed E-state index contributed by atoms with van der Waals surface area (Å²) >= 11 is 0. The van der Waals surface area contributed by atoms with E-state index in [0.717, 1.165) is 25.1 Å². The zero-order chi connectivity index (χ0) is 18.6. The molecule has 2 heterocycles. The molecule has 0 bridgehead atoms. The molecule has 1 fully saturated rings. The Morgan fingerprint density at radius 3 is 2.67 bits per heavy atom. The van der Waals surface area contributed by atoms with E-state index in [4.69, 9.17) is 0 Å². The van der Waals surface area contributed by atoms with Crippen molar-refractivity contribution in [3.8, 4) is 11.3 Å². The molecular weight excluding hydrogens is 341 g/mol. The molecule has 0 radical (unpaired) electrons. The molecule has 0 spiro atoms. The fourth-order valence-corrected chi connectivity index (χ4v) is 3.65. The van der Waals surface area contributed by atoms with Crippen molar-refractivity contribution in [2.24, 2.45) is 0 Å². The van der Waals surface area contributed by atoms with Crippen molar-refractivity contribution in [3.05, 3.63) is 84.1 Å². The number of nitrogens with zero attached hydrogens (tertiary/aromatic N) is 3. The lowest BCUT2D eigenvalue weighted by molar-refractivity contribution is 0.0706. The Kier molecular flexibility index (Phi) is 4.92. The molecule has 1 aromatic heterocycles. The second-order valence-electron chi connectivity index (χ2n) is 6.76. The zero-order valence-corrected chi connectivity index (χ0v) is 14.9. The molecule has 1 aliphatic heterocycles. The van der Waals surface area contributed by atoms with E-state index in [2.05, 4.69) is 9.97 Å². The number of rotatable bonds is 3. The first-order chi connectivity index (χ1) is 13.2. The van der Waals surface area contributed by atoms with Gasteiger partial charge in [-0.25, -0.2) is 4.39 Å². The van der Waals surface area contributed by atoms with Crippen LogP contribution < -0.4 is 0 Å². The molecule has 5 heteroatoms. The molecule has 0 saturated carbocycles. The van der Waals surface area contributed by atoms with E-state index in [-0.39, 0.29) is 17.6 Å². The average molecular weight is 361 g/mol. The summed E-state index contributed by atoms with van der Waals surface area (Å²) in [5, 5.41) is 0. The second kappa shape index (κ2) is 7.66. The second-order valence-corrected chi connectivity index (χ2v) is 6.76. The van der Waals surface area contributed by atoms with Gasteiger partial charge in [-0.05, 0) is 37.1 Å².